The fourth-order valence-corrected chi connectivity index (χ4v) is 2.87. The maximum atomic E-state index is 11.5. The van der Waals surface area contributed by atoms with Crippen molar-refractivity contribution in [3.8, 4) is 0 Å². The molecule has 1 aliphatic rings. The van der Waals surface area contributed by atoms with Crippen LogP contribution in [0, 0.1) is 0 Å². The highest BCUT2D eigenvalue weighted by Crippen LogP contribution is 2.16. The Morgan fingerprint density at radius 3 is 3.00 bits per heavy atom. The van der Waals surface area contributed by atoms with Crippen molar-refractivity contribution < 1.29 is 9.53 Å². The van der Waals surface area contributed by atoms with E-state index in [-0.39, 0.29) is 5.97 Å². The number of nitrogens with one attached hydrogen (secondary N) is 1. The molecule has 1 fully saturated rings. The van der Waals surface area contributed by atoms with Crippen LogP contribution < -0.4 is 5.32 Å². The summed E-state index contributed by atoms with van der Waals surface area (Å²) in [5.41, 5.74) is 0.396. The number of hydrogen-bond acceptors (Lipinski definition) is 6. The quantitative estimate of drug-likeness (QED) is 0.811. The molecule has 19 heavy (non-hydrogen) atoms. The molecule has 2 rings (SSSR count). The van der Waals surface area contributed by atoms with Crippen molar-refractivity contribution in [3.63, 3.8) is 0 Å². The lowest BCUT2D eigenvalue weighted by Crippen LogP contribution is -2.33. The Kier molecular flexibility index (Phi) is 5.60. The minimum Gasteiger partial charge on any atom is -0.461 e. The first kappa shape index (κ1) is 14.3. The number of nitrogens with zero attached hydrogens (tertiary/aromatic N) is 2. The normalized spacial score (nSPS) is 16.3. The van der Waals surface area contributed by atoms with Crippen molar-refractivity contribution >= 4 is 22.4 Å². The predicted molar refractivity (Wildman–Crippen MR) is 76.9 cm³/mol. The van der Waals surface area contributed by atoms with Crippen LogP contribution in [0.15, 0.2) is 5.38 Å². The van der Waals surface area contributed by atoms with E-state index in [2.05, 4.69) is 15.2 Å². The third-order valence-electron chi connectivity index (χ3n) is 3.14. The lowest BCUT2D eigenvalue weighted by molar-refractivity contribution is 0.0520. The average molecular weight is 283 g/mol. The zero-order valence-corrected chi connectivity index (χ0v) is 12.2. The summed E-state index contributed by atoms with van der Waals surface area (Å²) in [5, 5.41) is 5.80. The molecule has 5 nitrogen and oxygen atoms in total. The first-order valence-corrected chi connectivity index (χ1v) is 7.76. The summed E-state index contributed by atoms with van der Waals surface area (Å²) < 4.78 is 4.91. The van der Waals surface area contributed by atoms with Crippen molar-refractivity contribution in [2.45, 2.75) is 26.2 Å². The topological polar surface area (TPSA) is 54.5 Å². The Bertz CT molecular complexity index is 402. The third kappa shape index (κ3) is 4.47. The number of hydrogen-bond donors (Lipinski definition) is 1. The average Bonchev–Trinajstić information content (AvgIpc) is 2.89. The van der Waals surface area contributed by atoms with Crippen molar-refractivity contribution in [1.29, 1.82) is 0 Å². The number of carbonyl (C=O) groups is 1. The van der Waals surface area contributed by atoms with E-state index >= 15 is 0 Å². The van der Waals surface area contributed by atoms with Crippen LogP contribution in [0.25, 0.3) is 0 Å². The molecule has 0 aliphatic carbocycles. The van der Waals surface area contributed by atoms with E-state index in [1.807, 2.05) is 0 Å². The highest BCUT2D eigenvalue weighted by molar-refractivity contribution is 7.13. The third-order valence-corrected chi connectivity index (χ3v) is 3.94. The fourth-order valence-electron chi connectivity index (χ4n) is 2.16. The van der Waals surface area contributed by atoms with Gasteiger partial charge in [0.05, 0.1) is 6.61 Å². The smallest absolute Gasteiger partial charge is 0.357 e. The van der Waals surface area contributed by atoms with Gasteiger partial charge >= 0.3 is 5.97 Å². The zero-order chi connectivity index (χ0) is 13.5. The van der Waals surface area contributed by atoms with Gasteiger partial charge in [-0.15, -0.1) is 11.3 Å². The van der Waals surface area contributed by atoms with Gasteiger partial charge in [-0.25, -0.2) is 9.78 Å². The van der Waals surface area contributed by atoms with E-state index in [9.17, 15) is 4.79 Å². The number of aromatic nitrogens is 1. The van der Waals surface area contributed by atoms with E-state index in [4.69, 9.17) is 4.74 Å². The number of thiazole rings is 1. The molecule has 0 unspecified atom stereocenters. The molecular formula is C13H21N3O2S. The number of piperidine rings is 1. The van der Waals surface area contributed by atoms with Gasteiger partial charge in [0, 0.05) is 18.5 Å². The Morgan fingerprint density at radius 2 is 2.26 bits per heavy atom. The second kappa shape index (κ2) is 7.45. The summed E-state index contributed by atoms with van der Waals surface area (Å²) in [6.07, 6.45) is 3.98. The van der Waals surface area contributed by atoms with Crippen LogP contribution in [0.1, 0.15) is 36.7 Å². The summed E-state index contributed by atoms with van der Waals surface area (Å²) in [5.74, 6) is -0.345. The molecule has 106 valence electrons. The molecule has 1 N–H and O–H groups in total. The highest BCUT2D eigenvalue weighted by Gasteiger charge is 2.12. The number of rotatable bonds is 6. The van der Waals surface area contributed by atoms with Crippen LogP contribution in [-0.4, -0.2) is 48.6 Å². The minimum atomic E-state index is -0.345. The van der Waals surface area contributed by atoms with Crippen LogP contribution in [0.4, 0.5) is 5.13 Å². The molecule has 0 amide bonds. The van der Waals surface area contributed by atoms with Gasteiger partial charge in [-0.3, -0.25) is 0 Å². The van der Waals surface area contributed by atoms with E-state index in [1.54, 1.807) is 12.3 Å². The summed E-state index contributed by atoms with van der Waals surface area (Å²) in [4.78, 5) is 18.2. The van der Waals surface area contributed by atoms with Gasteiger partial charge in [-0.2, -0.15) is 0 Å². The van der Waals surface area contributed by atoms with Crippen molar-refractivity contribution in [1.82, 2.24) is 9.88 Å². The number of ether oxygens (including phenoxy) is 1. The molecule has 0 radical (unpaired) electrons. The van der Waals surface area contributed by atoms with Gasteiger partial charge < -0.3 is 15.0 Å². The standard InChI is InChI=1S/C13H21N3O2S/c1-2-18-12(17)11-10-19-13(15-11)14-6-9-16-7-4-3-5-8-16/h10H,2-9H2,1H3,(H,14,15). The molecule has 1 aromatic rings. The molecule has 0 aromatic carbocycles. The maximum absolute atomic E-state index is 11.5. The number of anilines is 1. The first-order chi connectivity index (χ1) is 9.29. The Balaban J connectivity index is 1.72. The van der Waals surface area contributed by atoms with Crippen LogP contribution in [0.2, 0.25) is 0 Å². The molecule has 6 heteroatoms. The lowest BCUT2D eigenvalue weighted by Gasteiger charge is -2.26. The summed E-state index contributed by atoms with van der Waals surface area (Å²) in [6, 6.07) is 0. The lowest BCUT2D eigenvalue weighted by atomic mass is 10.1. The first-order valence-electron chi connectivity index (χ1n) is 6.88. The van der Waals surface area contributed by atoms with Crippen molar-refractivity contribution in [2.24, 2.45) is 0 Å². The molecule has 1 aromatic heterocycles. The molecular weight excluding hydrogens is 262 g/mol. The van der Waals surface area contributed by atoms with Crippen LogP contribution >= 0.6 is 11.3 Å². The summed E-state index contributed by atoms with van der Waals surface area (Å²) in [7, 11) is 0. The van der Waals surface area contributed by atoms with E-state index in [0.29, 0.717) is 12.3 Å². The molecule has 2 heterocycles. The van der Waals surface area contributed by atoms with Gasteiger partial charge in [0.1, 0.15) is 0 Å². The molecule has 0 spiro atoms. The van der Waals surface area contributed by atoms with E-state index in [1.165, 1.54) is 43.7 Å². The zero-order valence-electron chi connectivity index (χ0n) is 11.4. The van der Waals surface area contributed by atoms with Gasteiger partial charge in [0.15, 0.2) is 10.8 Å². The van der Waals surface area contributed by atoms with Crippen LogP contribution in [0.5, 0.6) is 0 Å². The second-order valence-electron chi connectivity index (χ2n) is 4.59. The van der Waals surface area contributed by atoms with Crippen molar-refractivity contribution in [3.05, 3.63) is 11.1 Å². The van der Waals surface area contributed by atoms with E-state index < -0.39 is 0 Å². The Morgan fingerprint density at radius 1 is 1.47 bits per heavy atom. The number of likely N-dealkylation sites (tertiary alicyclic amines) is 1. The molecule has 1 aliphatic heterocycles. The second-order valence-corrected chi connectivity index (χ2v) is 5.45. The molecule has 0 saturated carbocycles. The SMILES string of the molecule is CCOC(=O)c1csc(NCCN2CCCCC2)n1. The van der Waals surface area contributed by atoms with Gasteiger partial charge in [-0.05, 0) is 32.9 Å². The van der Waals surface area contributed by atoms with Gasteiger partial charge in [-0.1, -0.05) is 6.42 Å². The number of esters is 1. The molecule has 1 saturated heterocycles. The Hall–Kier alpha value is -1.14. The van der Waals surface area contributed by atoms with Crippen LogP contribution in [-0.2, 0) is 4.74 Å². The molecule has 0 atom stereocenters. The maximum Gasteiger partial charge on any atom is 0.357 e. The van der Waals surface area contributed by atoms with Crippen LogP contribution in [0.3, 0.4) is 0 Å². The summed E-state index contributed by atoms with van der Waals surface area (Å²) >= 11 is 1.45. The minimum absolute atomic E-state index is 0.345. The summed E-state index contributed by atoms with van der Waals surface area (Å²) in [6.45, 7) is 6.49. The monoisotopic (exact) mass is 283 g/mol. The largest absolute Gasteiger partial charge is 0.461 e. The van der Waals surface area contributed by atoms with Gasteiger partial charge in [0.2, 0.25) is 0 Å². The van der Waals surface area contributed by atoms with E-state index in [0.717, 1.165) is 18.2 Å². The van der Waals surface area contributed by atoms with Crippen molar-refractivity contribution in [2.75, 3.05) is 38.1 Å². The fraction of sp³-hybridized carbons (Fsp3) is 0.692. The Labute approximate surface area is 118 Å². The number of carbonyl (C=O) groups excluding carboxylic acids is 1. The molecule has 0 bridgehead atoms. The predicted octanol–water partition coefficient (Wildman–Crippen LogP) is 2.22. The van der Waals surface area contributed by atoms with Gasteiger partial charge in [0.25, 0.3) is 0 Å². The highest BCUT2D eigenvalue weighted by atomic mass is 32.1.